The van der Waals surface area contributed by atoms with Crippen LogP contribution in [0.25, 0.3) is 0 Å². The van der Waals surface area contributed by atoms with Gasteiger partial charge in [-0.3, -0.25) is 4.79 Å². The van der Waals surface area contributed by atoms with Gasteiger partial charge in [0.25, 0.3) is 6.43 Å². The van der Waals surface area contributed by atoms with E-state index in [0.29, 0.717) is 13.0 Å². The van der Waals surface area contributed by atoms with Gasteiger partial charge < -0.3 is 21.1 Å². The molecule has 23 heavy (non-hydrogen) atoms. The maximum Gasteiger partial charge on any atom is 0.255 e. The first-order valence-electron chi connectivity index (χ1n) is 6.89. The van der Waals surface area contributed by atoms with Crippen LogP contribution in [0.2, 0.25) is 0 Å². The molecule has 0 fully saturated rings. The fraction of sp³-hybridized carbons (Fsp3) is 0.429. The van der Waals surface area contributed by atoms with Crippen molar-refractivity contribution in [3.05, 3.63) is 29.8 Å². The third kappa shape index (κ3) is 6.16. The van der Waals surface area contributed by atoms with E-state index < -0.39 is 18.9 Å². The van der Waals surface area contributed by atoms with Crippen LogP contribution in [0.15, 0.2) is 29.3 Å². The first kappa shape index (κ1) is 19.4. The molecule has 6 nitrogen and oxygen atoms in total. The van der Waals surface area contributed by atoms with Crippen molar-refractivity contribution in [1.82, 2.24) is 10.6 Å². The van der Waals surface area contributed by atoms with Crippen molar-refractivity contribution in [2.75, 3.05) is 19.7 Å². The zero-order valence-corrected chi connectivity index (χ0v) is 14.6. The summed E-state index contributed by atoms with van der Waals surface area (Å²) < 4.78 is 29.4. The van der Waals surface area contributed by atoms with E-state index in [1.165, 1.54) is 0 Å². The second-order valence-electron chi connectivity index (χ2n) is 4.77. The van der Waals surface area contributed by atoms with Gasteiger partial charge in [0.1, 0.15) is 12.3 Å². The van der Waals surface area contributed by atoms with Crippen molar-refractivity contribution >= 4 is 35.8 Å². The first-order valence-corrected chi connectivity index (χ1v) is 6.89. The molecule has 1 aromatic rings. The number of ether oxygens (including phenoxy) is 1. The van der Waals surface area contributed by atoms with E-state index in [1.54, 1.807) is 0 Å². The van der Waals surface area contributed by atoms with Gasteiger partial charge in [-0.25, -0.2) is 13.8 Å². The van der Waals surface area contributed by atoms with Gasteiger partial charge in [0.05, 0.1) is 19.2 Å². The number of hydrogen-bond donors (Lipinski definition) is 3. The molecule has 1 atom stereocenters. The Labute approximate surface area is 149 Å². The second-order valence-corrected chi connectivity index (χ2v) is 4.77. The number of hydrogen-bond acceptors (Lipinski definition) is 3. The van der Waals surface area contributed by atoms with Crippen molar-refractivity contribution in [3.63, 3.8) is 0 Å². The van der Waals surface area contributed by atoms with Crippen LogP contribution < -0.4 is 21.1 Å². The predicted octanol–water partition coefficient (Wildman–Crippen LogP) is 1.41. The topological polar surface area (TPSA) is 88.7 Å². The Morgan fingerprint density at radius 3 is 2.91 bits per heavy atom. The monoisotopic (exact) mass is 440 g/mol. The summed E-state index contributed by atoms with van der Waals surface area (Å²) in [5, 5.41) is 5.07. The van der Waals surface area contributed by atoms with Crippen LogP contribution in [0.3, 0.4) is 0 Å². The highest BCUT2D eigenvalue weighted by Gasteiger charge is 2.21. The van der Waals surface area contributed by atoms with Gasteiger partial charge in [0.15, 0.2) is 5.96 Å². The van der Waals surface area contributed by atoms with Crippen LogP contribution in [0, 0.1) is 0 Å². The average molecular weight is 440 g/mol. The number of amides is 1. The highest BCUT2D eigenvalue weighted by atomic mass is 127. The second kappa shape index (κ2) is 9.48. The number of nitrogens with one attached hydrogen (secondary N) is 2. The van der Waals surface area contributed by atoms with E-state index in [9.17, 15) is 13.6 Å². The summed E-state index contributed by atoms with van der Waals surface area (Å²) >= 11 is 0. The number of carbonyl (C=O) groups is 1. The van der Waals surface area contributed by atoms with Crippen LogP contribution >= 0.6 is 24.0 Å². The molecule has 1 aromatic carbocycles. The number of para-hydroxylation sites is 1. The Bertz CT molecular complexity index is 557. The van der Waals surface area contributed by atoms with Crippen LogP contribution in [0.4, 0.5) is 8.78 Å². The zero-order chi connectivity index (χ0) is 15.9. The summed E-state index contributed by atoms with van der Waals surface area (Å²) in [6, 6.07) is 7.51. The first-order chi connectivity index (χ1) is 10.6. The van der Waals surface area contributed by atoms with Crippen LogP contribution in [0.1, 0.15) is 18.0 Å². The summed E-state index contributed by atoms with van der Waals surface area (Å²) in [6.07, 6.45) is -1.87. The molecule has 1 unspecified atom stereocenters. The highest BCUT2D eigenvalue weighted by Crippen LogP contribution is 2.31. The predicted molar refractivity (Wildman–Crippen MR) is 93.3 cm³/mol. The molecule has 9 heteroatoms. The quantitative estimate of drug-likeness (QED) is 0.367. The van der Waals surface area contributed by atoms with Crippen molar-refractivity contribution in [2.45, 2.75) is 18.9 Å². The van der Waals surface area contributed by atoms with E-state index in [-0.39, 0.29) is 42.5 Å². The number of rotatable bonds is 5. The molecular weight excluding hydrogens is 421 g/mol. The number of aliphatic imine (C=N–C) groups is 1. The Balaban J connectivity index is 0.00000264. The standard InChI is InChI=1S/C14H18F2N4O2.HI/c15-12(16)7-18-13(21)8-19-14(17)20-10-5-6-22-11-4-2-1-3-9(10)11;/h1-4,10,12H,5-8H2,(H,18,21)(H3,17,19,20);1H. The van der Waals surface area contributed by atoms with E-state index in [1.807, 2.05) is 24.3 Å². The van der Waals surface area contributed by atoms with Crippen molar-refractivity contribution in [2.24, 2.45) is 10.7 Å². The molecule has 0 aliphatic carbocycles. The molecule has 0 spiro atoms. The molecule has 2 rings (SSSR count). The van der Waals surface area contributed by atoms with Gasteiger partial charge >= 0.3 is 0 Å². The number of nitrogens with zero attached hydrogens (tertiary/aromatic N) is 1. The number of nitrogens with two attached hydrogens (primary N) is 1. The van der Waals surface area contributed by atoms with Crippen LogP contribution in [0.5, 0.6) is 5.75 Å². The number of guanidine groups is 1. The van der Waals surface area contributed by atoms with E-state index in [2.05, 4.69) is 15.6 Å². The summed E-state index contributed by atoms with van der Waals surface area (Å²) in [7, 11) is 0. The summed E-state index contributed by atoms with van der Waals surface area (Å²) in [4.78, 5) is 15.1. The Hall–Kier alpha value is -1.65. The molecule has 0 bridgehead atoms. The van der Waals surface area contributed by atoms with Crippen molar-refractivity contribution in [3.8, 4) is 5.75 Å². The summed E-state index contributed by atoms with van der Waals surface area (Å²) in [5.41, 5.74) is 6.70. The Morgan fingerprint density at radius 2 is 2.17 bits per heavy atom. The number of carbonyl (C=O) groups excluding carboxylic acids is 1. The molecule has 1 aliphatic rings. The molecule has 0 saturated heterocycles. The van der Waals surface area contributed by atoms with E-state index in [4.69, 9.17) is 10.5 Å². The van der Waals surface area contributed by atoms with Crippen molar-refractivity contribution < 1.29 is 18.3 Å². The minimum Gasteiger partial charge on any atom is -0.493 e. The fourth-order valence-electron chi connectivity index (χ4n) is 2.12. The molecule has 0 aromatic heterocycles. The number of fused-ring (bicyclic) bond motifs is 1. The molecule has 1 amide bonds. The largest absolute Gasteiger partial charge is 0.493 e. The van der Waals surface area contributed by atoms with Gasteiger partial charge in [0, 0.05) is 12.0 Å². The molecule has 128 valence electrons. The van der Waals surface area contributed by atoms with Gasteiger partial charge in [-0.15, -0.1) is 24.0 Å². The zero-order valence-electron chi connectivity index (χ0n) is 12.3. The molecule has 0 saturated carbocycles. The lowest BCUT2D eigenvalue weighted by Gasteiger charge is -2.26. The minimum absolute atomic E-state index is 0. The molecule has 1 aliphatic heterocycles. The molecule has 0 radical (unpaired) electrons. The Kier molecular flexibility index (Phi) is 8.00. The average Bonchev–Trinajstić information content (AvgIpc) is 2.51. The molecular formula is C14H19F2IN4O2. The van der Waals surface area contributed by atoms with E-state index in [0.717, 1.165) is 11.3 Å². The lowest BCUT2D eigenvalue weighted by atomic mass is 10.0. The number of alkyl halides is 2. The number of benzene rings is 1. The van der Waals surface area contributed by atoms with Gasteiger partial charge in [-0.2, -0.15) is 0 Å². The lowest BCUT2D eigenvalue weighted by Crippen LogP contribution is -2.38. The third-order valence-electron chi connectivity index (χ3n) is 3.13. The third-order valence-corrected chi connectivity index (χ3v) is 3.13. The molecule has 1 heterocycles. The van der Waals surface area contributed by atoms with Crippen molar-refractivity contribution in [1.29, 1.82) is 0 Å². The maximum absolute atomic E-state index is 11.9. The smallest absolute Gasteiger partial charge is 0.255 e. The Morgan fingerprint density at radius 1 is 1.43 bits per heavy atom. The summed E-state index contributed by atoms with van der Waals surface area (Å²) in [6.45, 7) is -0.428. The number of halogens is 3. The summed E-state index contributed by atoms with van der Waals surface area (Å²) in [5.74, 6) is 0.278. The van der Waals surface area contributed by atoms with Gasteiger partial charge in [-0.05, 0) is 6.07 Å². The van der Waals surface area contributed by atoms with Crippen LogP contribution in [-0.4, -0.2) is 38.0 Å². The maximum atomic E-state index is 11.9. The van der Waals surface area contributed by atoms with Gasteiger partial charge in [-0.1, -0.05) is 18.2 Å². The minimum atomic E-state index is -2.58. The lowest BCUT2D eigenvalue weighted by molar-refractivity contribution is -0.120. The molecule has 4 N–H and O–H groups in total. The normalized spacial score (nSPS) is 16.8. The fourth-order valence-corrected chi connectivity index (χ4v) is 2.12. The highest BCUT2D eigenvalue weighted by molar-refractivity contribution is 14.0. The SMILES string of the molecule is I.NC(=NCC(=O)NCC(F)F)NC1CCOc2ccccc21. The van der Waals surface area contributed by atoms with Crippen LogP contribution in [-0.2, 0) is 4.79 Å². The van der Waals surface area contributed by atoms with Gasteiger partial charge in [0.2, 0.25) is 5.91 Å². The van der Waals surface area contributed by atoms with E-state index >= 15 is 0 Å².